The lowest BCUT2D eigenvalue weighted by Crippen LogP contribution is -1.99. The largest absolute Gasteiger partial charge is 0.497 e. The van der Waals surface area contributed by atoms with Crippen molar-refractivity contribution in [3.05, 3.63) is 52.9 Å². The predicted octanol–water partition coefficient (Wildman–Crippen LogP) is 4.25. The van der Waals surface area contributed by atoms with Gasteiger partial charge in [0.15, 0.2) is 0 Å². The van der Waals surface area contributed by atoms with Crippen LogP contribution in [0.1, 0.15) is 11.1 Å². The number of pyridine rings is 1. The Morgan fingerprint density at radius 2 is 2.09 bits per heavy atom. The van der Waals surface area contributed by atoms with Gasteiger partial charge >= 0.3 is 0 Å². The molecule has 0 spiro atoms. The van der Waals surface area contributed by atoms with Crippen LogP contribution in [-0.2, 0) is 0 Å². The number of nitrogens with two attached hydrogens (primary N) is 1. The molecule has 0 atom stereocenters. The van der Waals surface area contributed by atoms with Gasteiger partial charge in [0.1, 0.15) is 23.2 Å². The van der Waals surface area contributed by atoms with E-state index in [2.05, 4.69) is 11.1 Å². The average Bonchev–Trinajstić information content (AvgIpc) is 3.00. The molecule has 2 N–H and O–H groups in total. The molecule has 114 valence electrons. The molecule has 2 aromatic heterocycles. The van der Waals surface area contributed by atoms with Crippen LogP contribution in [0.25, 0.3) is 21.7 Å². The zero-order valence-electron chi connectivity index (χ0n) is 12.8. The van der Waals surface area contributed by atoms with Gasteiger partial charge in [-0.1, -0.05) is 12.1 Å². The van der Waals surface area contributed by atoms with Crippen molar-refractivity contribution in [1.82, 2.24) is 4.98 Å². The van der Waals surface area contributed by atoms with E-state index >= 15 is 0 Å². The highest BCUT2D eigenvalue weighted by Gasteiger charge is 2.16. The molecule has 0 saturated heterocycles. The number of aryl methyl sites for hydroxylation is 1. The number of benzene rings is 1. The maximum Gasteiger partial charge on any atom is 0.142 e. The fraction of sp³-hybridized carbons (Fsp3) is 0.111. The molecule has 4 nitrogen and oxygen atoms in total. The highest BCUT2D eigenvalue weighted by molar-refractivity contribution is 7.13. The summed E-state index contributed by atoms with van der Waals surface area (Å²) < 4.78 is 5.26. The quantitative estimate of drug-likeness (QED) is 0.783. The van der Waals surface area contributed by atoms with Crippen LogP contribution in [-0.4, -0.2) is 12.1 Å². The van der Waals surface area contributed by atoms with E-state index in [1.54, 1.807) is 18.4 Å². The van der Waals surface area contributed by atoms with Gasteiger partial charge in [0.05, 0.1) is 12.8 Å². The highest BCUT2D eigenvalue weighted by Crippen LogP contribution is 2.36. The summed E-state index contributed by atoms with van der Waals surface area (Å²) in [6.07, 6.45) is 0. The Balaban J connectivity index is 2.23. The maximum atomic E-state index is 9.45. The molecule has 0 fully saturated rings. The van der Waals surface area contributed by atoms with Crippen molar-refractivity contribution < 1.29 is 4.74 Å². The molecule has 0 aliphatic heterocycles. The lowest BCUT2D eigenvalue weighted by atomic mass is 10.0. The number of thiophene rings is 1. The molecule has 0 radical (unpaired) electrons. The SMILES string of the molecule is COc1cccc(-c2cc(-c3sccc3C)c(C#N)c(N)n2)c1. The minimum Gasteiger partial charge on any atom is -0.497 e. The summed E-state index contributed by atoms with van der Waals surface area (Å²) in [7, 11) is 1.63. The van der Waals surface area contributed by atoms with E-state index in [0.717, 1.165) is 33.0 Å². The van der Waals surface area contributed by atoms with Crippen molar-refractivity contribution >= 4 is 17.2 Å². The van der Waals surface area contributed by atoms with Crippen LogP contribution in [0.15, 0.2) is 41.8 Å². The minimum atomic E-state index is 0.246. The first-order valence-corrected chi connectivity index (χ1v) is 7.91. The normalized spacial score (nSPS) is 10.3. The van der Waals surface area contributed by atoms with E-state index in [1.807, 2.05) is 48.7 Å². The van der Waals surface area contributed by atoms with Gasteiger partial charge in [-0.15, -0.1) is 11.3 Å². The topological polar surface area (TPSA) is 71.9 Å². The van der Waals surface area contributed by atoms with E-state index in [-0.39, 0.29) is 5.82 Å². The first-order chi connectivity index (χ1) is 11.1. The molecule has 1 aromatic carbocycles. The number of nitrogens with zero attached hydrogens (tertiary/aromatic N) is 2. The van der Waals surface area contributed by atoms with Crippen LogP contribution in [0.5, 0.6) is 5.75 Å². The van der Waals surface area contributed by atoms with Gasteiger partial charge in [0.25, 0.3) is 0 Å². The van der Waals surface area contributed by atoms with Crippen molar-refractivity contribution in [2.45, 2.75) is 6.92 Å². The molecular formula is C18H15N3OS. The van der Waals surface area contributed by atoms with Crippen LogP contribution in [0.4, 0.5) is 5.82 Å². The predicted molar refractivity (Wildman–Crippen MR) is 93.4 cm³/mol. The van der Waals surface area contributed by atoms with Crippen molar-refractivity contribution in [3.63, 3.8) is 0 Å². The summed E-state index contributed by atoms with van der Waals surface area (Å²) in [5.74, 6) is 0.997. The lowest BCUT2D eigenvalue weighted by Gasteiger charge is -2.10. The molecule has 0 aliphatic carbocycles. The minimum absolute atomic E-state index is 0.246. The van der Waals surface area contributed by atoms with E-state index < -0.39 is 0 Å². The number of ether oxygens (including phenoxy) is 1. The molecule has 3 rings (SSSR count). The highest BCUT2D eigenvalue weighted by atomic mass is 32.1. The van der Waals surface area contributed by atoms with Gasteiger partial charge < -0.3 is 10.5 Å². The molecule has 0 saturated carbocycles. The fourth-order valence-corrected chi connectivity index (χ4v) is 3.39. The molecule has 0 bridgehead atoms. The van der Waals surface area contributed by atoms with E-state index in [0.29, 0.717) is 5.56 Å². The number of rotatable bonds is 3. The van der Waals surface area contributed by atoms with Crippen LogP contribution in [0.2, 0.25) is 0 Å². The number of aromatic nitrogens is 1. The van der Waals surface area contributed by atoms with Gasteiger partial charge in [0.2, 0.25) is 0 Å². The van der Waals surface area contributed by atoms with Gasteiger partial charge in [-0.3, -0.25) is 0 Å². The first kappa shape index (κ1) is 15.1. The third-order valence-electron chi connectivity index (χ3n) is 3.63. The van der Waals surface area contributed by atoms with Crippen LogP contribution < -0.4 is 10.5 Å². The molecule has 23 heavy (non-hydrogen) atoms. The Kier molecular flexibility index (Phi) is 4.00. The van der Waals surface area contributed by atoms with E-state index in [9.17, 15) is 5.26 Å². The average molecular weight is 321 g/mol. The Morgan fingerprint density at radius 3 is 2.74 bits per heavy atom. The number of nitrogen functional groups attached to an aromatic ring is 1. The second-order valence-electron chi connectivity index (χ2n) is 5.09. The number of anilines is 1. The Labute approximate surface area is 138 Å². The van der Waals surface area contributed by atoms with Gasteiger partial charge in [-0.2, -0.15) is 5.26 Å². The molecule has 0 amide bonds. The standard InChI is InChI=1S/C18H15N3OS/c1-11-6-7-23-17(11)14-9-16(21-18(20)15(14)10-19)12-4-3-5-13(8-12)22-2/h3-9H,1-2H3,(H2,20,21). The van der Waals surface area contributed by atoms with Gasteiger partial charge in [-0.25, -0.2) is 4.98 Å². The number of hydrogen-bond donors (Lipinski definition) is 1. The smallest absolute Gasteiger partial charge is 0.142 e. The molecule has 2 heterocycles. The molecule has 3 aromatic rings. The second-order valence-corrected chi connectivity index (χ2v) is 6.01. The molecule has 0 aliphatic rings. The van der Waals surface area contributed by atoms with E-state index in [4.69, 9.17) is 10.5 Å². The number of hydrogen-bond acceptors (Lipinski definition) is 5. The number of methoxy groups -OCH3 is 1. The van der Waals surface area contributed by atoms with Crippen molar-refractivity contribution in [1.29, 1.82) is 5.26 Å². The van der Waals surface area contributed by atoms with Crippen LogP contribution in [0.3, 0.4) is 0 Å². The third kappa shape index (κ3) is 2.77. The van der Waals surface area contributed by atoms with Crippen molar-refractivity contribution in [2.75, 3.05) is 12.8 Å². The molecular weight excluding hydrogens is 306 g/mol. The van der Waals surface area contributed by atoms with Crippen LogP contribution in [0, 0.1) is 18.3 Å². The fourth-order valence-electron chi connectivity index (χ4n) is 2.44. The summed E-state index contributed by atoms with van der Waals surface area (Å²) in [5, 5.41) is 11.5. The Hall–Kier alpha value is -2.84. The summed E-state index contributed by atoms with van der Waals surface area (Å²) in [6.45, 7) is 2.02. The number of nitriles is 1. The summed E-state index contributed by atoms with van der Waals surface area (Å²) >= 11 is 1.59. The van der Waals surface area contributed by atoms with Gasteiger partial charge in [-0.05, 0) is 42.1 Å². The van der Waals surface area contributed by atoms with Crippen molar-refractivity contribution in [2.24, 2.45) is 0 Å². The summed E-state index contributed by atoms with van der Waals surface area (Å²) in [4.78, 5) is 5.44. The molecule has 0 unspecified atom stereocenters. The molecule has 5 heteroatoms. The Bertz CT molecular complexity index is 909. The van der Waals surface area contributed by atoms with Crippen LogP contribution >= 0.6 is 11.3 Å². The first-order valence-electron chi connectivity index (χ1n) is 7.03. The lowest BCUT2D eigenvalue weighted by molar-refractivity contribution is 0.415. The summed E-state index contributed by atoms with van der Waals surface area (Å²) in [5.41, 5.74) is 10.0. The second kappa shape index (κ2) is 6.11. The van der Waals surface area contributed by atoms with Gasteiger partial charge in [0, 0.05) is 16.0 Å². The zero-order chi connectivity index (χ0) is 16.4. The van der Waals surface area contributed by atoms with Crippen molar-refractivity contribution in [3.8, 4) is 33.5 Å². The monoisotopic (exact) mass is 321 g/mol. The Morgan fingerprint density at radius 1 is 1.26 bits per heavy atom. The third-order valence-corrected chi connectivity index (χ3v) is 4.68. The summed E-state index contributed by atoms with van der Waals surface area (Å²) in [6, 6.07) is 13.8. The zero-order valence-corrected chi connectivity index (χ0v) is 13.6. The maximum absolute atomic E-state index is 9.45. The van der Waals surface area contributed by atoms with E-state index in [1.165, 1.54) is 0 Å².